The molecule has 21 heavy (non-hydrogen) atoms. The van der Waals surface area contributed by atoms with Crippen LogP contribution in [0.25, 0.3) is 10.9 Å². The lowest BCUT2D eigenvalue weighted by atomic mass is 10.1. The molecule has 0 spiro atoms. The summed E-state index contributed by atoms with van der Waals surface area (Å²) < 4.78 is 12.9. The standard InChI is InChI=1S/C17H15FN2O/c1-11(12-5-7-14(18)8-6-12)20-17(21)15-4-2-3-13-9-10-19-16(13)15/h2-11,19H,1H3,(H,20,21). The number of fused-ring (bicyclic) bond motifs is 1. The molecule has 1 aromatic heterocycles. The number of rotatable bonds is 3. The molecule has 0 aliphatic heterocycles. The molecular formula is C17H15FN2O. The molecule has 1 atom stereocenters. The molecule has 3 rings (SSSR count). The Morgan fingerprint density at radius 3 is 2.67 bits per heavy atom. The Morgan fingerprint density at radius 2 is 1.90 bits per heavy atom. The molecular weight excluding hydrogens is 267 g/mol. The first-order valence-electron chi connectivity index (χ1n) is 6.77. The van der Waals surface area contributed by atoms with Crippen molar-refractivity contribution in [1.29, 1.82) is 0 Å². The number of amides is 1. The van der Waals surface area contributed by atoms with Crippen molar-refractivity contribution in [2.75, 3.05) is 0 Å². The Hall–Kier alpha value is -2.62. The lowest BCUT2D eigenvalue weighted by Gasteiger charge is -2.14. The minimum absolute atomic E-state index is 0.153. The third-order valence-electron chi connectivity index (χ3n) is 3.55. The van der Waals surface area contributed by atoms with Crippen LogP contribution in [0, 0.1) is 5.82 Å². The Labute approximate surface area is 121 Å². The molecule has 2 N–H and O–H groups in total. The number of para-hydroxylation sites is 1. The van der Waals surface area contributed by atoms with Gasteiger partial charge in [0.05, 0.1) is 17.1 Å². The van der Waals surface area contributed by atoms with E-state index >= 15 is 0 Å². The second kappa shape index (κ2) is 5.40. The van der Waals surface area contributed by atoms with Gasteiger partial charge >= 0.3 is 0 Å². The van der Waals surface area contributed by atoms with E-state index in [1.54, 1.807) is 18.2 Å². The van der Waals surface area contributed by atoms with Gasteiger partial charge in [-0.2, -0.15) is 0 Å². The average Bonchev–Trinajstić information content (AvgIpc) is 2.96. The van der Waals surface area contributed by atoms with E-state index in [4.69, 9.17) is 0 Å². The van der Waals surface area contributed by atoms with Gasteiger partial charge in [-0.05, 0) is 36.8 Å². The minimum atomic E-state index is -0.284. The van der Waals surface area contributed by atoms with Crippen molar-refractivity contribution in [2.24, 2.45) is 0 Å². The van der Waals surface area contributed by atoms with Crippen LogP contribution in [0.5, 0.6) is 0 Å². The maximum atomic E-state index is 12.9. The van der Waals surface area contributed by atoms with Gasteiger partial charge in [-0.1, -0.05) is 24.3 Å². The zero-order valence-corrected chi connectivity index (χ0v) is 11.6. The monoisotopic (exact) mass is 282 g/mol. The number of H-pyrrole nitrogens is 1. The summed E-state index contributed by atoms with van der Waals surface area (Å²) in [6.45, 7) is 1.87. The van der Waals surface area contributed by atoms with Crippen LogP contribution in [0.1, 0.15) is 28.9 Å². The third-order valence-corrected chi connectivity index (χ3v) is 3.55. The fraction of sp³-hybridized carbons (Fsp3) is 0.118. The molecule has 106 valence electrons. The number of nitrogens with one attached hydrogen (secondary N) is 2. The van der Waals surface area contributed by atoms with E-state index in [9.17, 15) is 9.18 Å². The van der Waals surface area contributed by atoms with Gasteiger partial charge in [0.15, 0.2) is 0 Å². The van der Waals surface area contributed by atoms with E-state index in [1.807, 2.05) is 31.3 Å². The number of benzene rings is 2. The molecule has 4 heteroatoms. The topological polar surface area (TPSA) is 44.9 Å². The molecule has 1 unspecified atom stereocenters. The Morgan fingerprint density at radius 1 is 1.14 bits per heavy atom. The highest BCUT2D eigenvalue weighted by atomic mass is 19.1. The Balaban J connectivity index is 1.83. The molecule has 1 amide bonds. The van der Waals surface area contributed by atoms with E-state index in [-0.39, 0.29) is 17.8 Å². The molecule has 0 aliphatic rings. The van der Waals surface area contributed by atoms with Gasteiger partial charge in [-0.15, -0.1) is 0 Å². The summed E-state index contributed by atoms with van der Waals surface area (Å²) in [6.07, 6.45) is 1.81. The van der Waals surface area contributed by atoms with Gasteiger partial charge in [0, 0.05) is 11.6 Å². The molecule has 2 aromatic carbocycles. The van der Waals surface area contributed by atoms with Crippen LogP contribution in [0.4, 0.5) is 4.39 Å². The molecule has 0 aliphatic carbocycles. The quantitative estimate of drug-likeness (QED) is 0.754. The van der Waals surface area contributed by atoms with E-state index < -0.39 is 0 Å². The van der Waals surface area contributed by atoms with Gasteiger partial charge in [0.2, 0.25) is 0 Å². The van der Waals surface area contributed by atoms with Crippen molar-refractivity contribution < 1.29 is 9.18 Å². The highest BCUT2D eigenvalue weighted by Gasteiger charge is 2.14. The smallest absolute Gasteiger partial charge is 0.253 e. The van der Waals surface area contributed by atoms with Crippen molar-refractivity contribution in [2.45, 2.75) is 13.0 Å². The Kier molecular flexibility index (Phi) is 3.44. The van der Waals surface area contributed by atoms with Crippen LogP contribution in [0.3, 0.4) is 0 Å². The normalized spacial score (nSPS) is 12.3. The number of carbonyl (C=O) groups is 1. The minimum Gasteiger partial charge on any atom is -0.361 e. The molecule has 0 saturated heterocycles. The maximum absolute atomic E-state index is 12.9. The van der Waals surface area contributed by atoms with Gasteiger partial charge in [-0.3, -0.25) is 4.79 Å². The van der Waals surface area contributed by atoms with Gasteiger partial charge in [-0.25, -0.2) is 4.39 Å². The van der Waals surface area contributed by atoms with Crippen molar-refractivity contribution in [1.82, 2.24) is 10.3 Å². The molecule has 0 radical (unpaired) electrons. The van der Waals surface area contributed by atoms with Crippen LogP contribution in [-0.4, -0.2) is 10.9 Å². The third kappa shape index (κ3) is 2.65. The first kappa shape index (κ1) is 13.4. The highest BCUT2D eigenvalue weighted by molar-refractivity contribution is 6.05. The SMILES string of the molecule is CC(NC(=O)c1cccc2cc[nH]c12)c1ccc(F)cc1. The lowest BCUT2D eigenvalue weighted by molar-refractivity contribution is 0.0941. The first-order chi connectivity index (χ1) is 10.1. The maximum Gasteiger partial charge on any atom is 0.253 e. The highest BCUT2D eigenvalue weighted by Crippen LogP contribution is 2.19. The summed E-state index contributed by atoms with van der Waals surface area (Å²) >= 11 is 0. The van der Waals surface area contributed by atoms with E-state index in [0.29, 0.717) is 5.56 Å². The van der Waals surface area contributed by atoms with Crippen LogP contribution in [0.15, 0.2) is 54.7 Å². The largest absolute Gasteiger partial charge is 0.361 e. The summed E-state index contributed by atoms with van der Waals surface area (Å²) in [7, 11) is 0. The summed E-state index contributed by atoms with van der Waals surface area (Å²) in [5.74, 6) is -0.437. The Bertz CT molecular complexity index is 777. The van der Waals surface area contributed by atoms with Crippen LogP contribution >= 0.6 is 0 Å². The summed E-state index contributed by atoms with van der Waals surface area (Å²) in [5, 5.41) is 3.93. The fourth-order valence-electron chi connectivity index (χ4n) is 2.38. The second-order valence-electron chi connectivity index (χ2n) is 4.99. The zero-order valence-electron chi connectivity index (χ0n) is 11.6. The van der Waals surface area contributed by atoms with E-state index in [0.717, 1.165) is 16.5 Å². The van der Waals surface area contributed by atoms with Crippen molar-refractivity contribution in [3.8, 4) is 0 Å². The number of carbonyl (C=O) groups excluding carboxylic acids is 1. The number of hydrogen-bond donors (Lipinski definition) is 2. The predicted molar refractivity (Wildman–Crippen MR) is 80.6 cm³/mol. The van der Waals surface area contributed by atoms with Crippen LogP contribution < -0.4 is 5.32 Å². The first-order valence-corrected chi connectivity index (χ1v) is 6.77. The second-order valence-corrected chi connectivity index (χ2v) is 4.99. The summed E-state index contributed by atoms with van der Waals surface area (Å²) in [5.41, 5.74) is 2.29. The number of aromatic amines is 1. The average molecular weight is 282 g/mol. The van der Waals surface area contributed by atoms with Crippen LogP contribution in [0.2, 0.25) is 0 Å². The molecule has 0 fully saturated rings. The van der Waals surface area contributed by atoms with E-state index in [1.165, 1.54) is 12.1 Å². The van der Waals surface area contributed by atoms with Gasteiger partial charge in [0.25, 0.3) is 5.91 Å². The summed E-state index contributed by atoms with van der Waals surface area (Å²) in [6, 6.07) is 13.5. The van der Waals surface area contributed by atoms with Crippen molar-refractivity contribution >= 4 is 16.8 Å². The molecule has 0 saturated carbocycles. The molecule has 1 heterocycles. The number of aromatic nitrogens is 1. The van der Waals surface area contributed by atoms with Crippen molar-refractivity contribution in [3.63, 3.8) is 0 Å². The van der Waals surface area contributed by atoms with Crippen LogP contribution in [-0.2, 0) is 0 Å². The van der Waals surface area contributed by atoms with Gasteiger partial charge < -0.3 is 10.3 Å². The molecule has 0 bridgehead atoms. The molecule has 3 nitrogen and oxygen atoms in total. The molecule has 3 aromatic rings. The predicted octanol–water partition coefficient (Wildman–Crippen LogP) is 3.80. The van der Waals surface area contributed by atoms with Gasteiger partial charge in [0.1, 0.15) is 5.82 Å². The van der Waals surface area contributed by atoms with Crippen molar-refractivity contribution in [3.05, 3.63) is 71.7 Å². The number of halogens is 1. The fourth-order valence-corrected chi connectivity index (χ4v) is 2.38. The number of hydrogen-bond acceptors (Lipinski definition) is 1. The zero-order chi connectivity index (χ0) is 14.8. The van der Waals surface area contributed by atoms with E-state index in [2.05, 4.69) is 10.3 Å². The summed E-state index contributed by atoms with van der Waals surface area (Å²) in [4.78, 5) is 15.5. The lowest BCUT2D eigenvalue weighted by Crippen LogP contribution is -2.26.